The number of nitrogens with one attached hydrogen (secondary N) is 2. The van der Waals surface area contributed by atoms with Gasteiger partial charge in [-0.25, -0.2) is 0 Å². The van der Waals surface area contributed by atoms with Crippen LogP contribution in [-0.2, 0) is 14.3 Å². The maximum absolute atomic E-state index is 13.1. The first kappa shape index (κ1) is 22.0. The van der Waals surface area contributed by atoms with Crippen molar-refractivity contribution in [3.05, 3.63) is 70.7 Å². The van der Waals surface area contributed by atoms with Crippen LogP contribution in [0, 0.1) is 23.7 Å². The number of hydrazine groups is 1. The summed E-state index contributed by atoms with van der Waals surface area (Å²) in [5.41, 5.74) is 5.24. The Morgan fingerprint density at radius 2 is 1.53 bits per heavy atom. The molecule has 2 amide bonds. The van der Waals surface area contributed by atoms with Crippen LogP contribution in [0.25, 0.3) is 0 Å². The molecule has 2 fully saturated rings. The summed E-state index contributed by atoms with van der Waals surface area (Å²) < 4.78 is 5.24. The van der Waals surface area contributed by atoms with Gasteiger partial charge in [-0.3, -0.25) is 30.0 Å². The van der Waals surface area contributed by atoms with Gasteiger partial charge in [0.1, 0.15) is 0 Å². The Kier molecular flexibility index (Phi) is 6.55. The monoisotopic (exact) mass is 454 g/mol. The van der Waals surface area contributed by atoms with E-state index in [-0.39, 0.29) is 28.2 Å². The average molecular weight is 455 g/mol. The van der Waals surface area contributed by atoms with Crippen LogP contribution >= 0.6 is 11.6 Å². The van der Waals surface area contributed by atoms with Gasteiger partial charge in [0.15, 0.2) is 12.4 Å². The zero-order chi connectivity index (χ0) is 22.7. The van der Waals surface area contributed by atoms with E-state index in [0.717, 1.165) is 19.3 Å². The minimum absolute atomic E-state index is 0.0452. The number of ether oxygens (including phenoxy) is 1. The quantitative estimate of drug-likeness (QED) is 0.396. The summed E-state index contributed by atoms with van der Waals surface area (Å²) in [6.45, 7) is -0.554. The van der Waals surface area contributed by atoms with Crippen LogP contribution in [0.15, 0.2) is 54.6 Å². The van der Waals surface area contributed by atoms with E-state index < -0.39 is 36.2 Å². The first-order valence-electron chi connectivity index (χ1n) is 10.6. The SMILES string of the molecule is O=C(COC(=O)[C@@H]1[C@H]2CC[C@@H](C2)[C@@H]1C(=O)c1ccccc1)NNC(=O)c1ccccc1Cl. The van der Waals surface area contributed by atoms with Crippen molar-refractivity contribution in [2.45, 2.75) is 19.3 Å². The van der Waals surface area contributed by atoms with Gasteiger partial charge in [0.25, 0.3) is 11.8 Å². The van der Waals surface area contributed by atoms with Gasteiger partial charge in [-0.1, -0.05) is 54.1 Å². The number of benzene rings is 2. The Hall–Kier alpha value is -3.19. The number of carbonyl (C=O) groups excluding carboxylic acids is 4. The van der Waals surface area contributed by atoms with Crippen molar-refractivity contribution >= 4 is 35.2 Å². The summed E-state index contributed by atoms with van der Waals surface area (Å²) in [5, 5.41) is 0.246. The van der Waals surface area contributed by atoms with E-state index in [9.17, 15) is 19.2 Å². The number of hydrogen-bond donors (Lipinski definition) is 2. The molecular weight excluding hydrogens is 432 g/mol. The maximum atomic E-state index is 13.1. The Bertz CT molecular complexity index is 1040. The molecule has 7 nitrogen and oxygen atoms in total. The van der Waals surface area contributed by atoms with E-state index in [2.05, 4.69) is 10.9 Å². The number of halogens is 1. The highest BCUT2D eigenvalue weighted by atomic mass is 35.5. The lowest BCUT2D eigenvalue weighted by Crippen LogP contribution is -2.44. The number of hydrogen-bond acceptors (Lipinski definition) is 5. The third-order valence-corrected chi connectivity index (χ3v) is 6.66. The van der Waals surface area contributed by atoms with Crippen molar-refractivity contribution in [1.82, 2.24) is 10.9 Å². The number of Topliss-reactive ketones (excluding diaryl/α,β-unsaturated/α-hetero) is 1. The van der Waals surface area contributed by atoms with Gasteiger partial charge < -0.3 is 4.74 Å². The molecule has 2 N–H and O–H groups in total. The summed E-state index contributed by atoms with van der Waals surface area (Å²) in [6.07, 6.45) is 2.62. The van der Waals surface area contributed by atoms with Crippen LogP contribution in [0.3, 0.4) is 0 Å². The molecule has 2 aliphatic rings. The number of carbonyl (C=O) groups is 4. The van der Waals surface area contributed by atoms with Crippen LogP contribution in [0.5, 0.6) is 0 Å². The second-order valence-corrected chi connectivity index (χ2v) is 8.61. The average Bonchev–Trinajstić information content (AvgIpc) is 3.43. The lowest BCUT2D eigenvalue weighted by molar-refractivity contribution is -0.155. The molecule has 0 radical (unpaired) electrons. The van der Waals surface area contributed by atoms with Crippen molar-refractivity contribution in [2.24, 2.45) is 23.7 Å². The highest BCUT2D eigenvalue weighted by Crippen LogP contribution is 2.53. The molecule has 166 valence electrons. The molecule has 4 atom stereocenters. The van der Waals surface area contributed by atoms with Gasteiger partial charge in [-0.15, -0.1) is 0 Å². The molecule has 2 aromatic carbocycles. The molecule has 2 aliphatic carbocycles. The summed E-state index contributed by atoms with van der Waals surface area (Å²) in [6, 6.07) is 15.4. The van der Waals surface area contributed by atoms with E-state index in [0.29, 0.717) is 5.56 Å². The Labute approximate surface area is 190 Å². The molecule has 4 rings (SSSR count). The van der Waals surface area contributed by atoms with Gasteiger partial charge in [-0.05, 0) is 43.2 Å². The third-order valence-electron chi connectivity index (χ3n) is 6.33. The molecule has 0 spiro atoms. The predicted molar refractivity (Wildman–Crippen MR) is 117 cm³/mol. The lowest BCUT2D eigenvalue weighted by atomic mass is 9.75. The van der Waals surface area contributed by atoms with Gasteiger partial charge in [0.05, 0.1) is 16.5 Å². The molecule has 0 unspecified atom stereocenters. The van der Waals surface area contributed by atoms with Crippen LogP contribution in [-0.4, -0.2) is 30.2 Å². The van der Waals surface area contributed by atoms with E-state index in [1.807, 2.05) is 6.07 Å². The number of esters is 1. The molecule has 32 heavy (non-hydrogen) atoms. The first-order chi connectivity index (χ1) is 15.5. The van der Waals surface area contributed by atoms with E-state index in [1.165, 1.54) is 6.07 Å². The minimum Gasteiger partial charge on any atom is -0.455 e. The fourth-order valence-electron chi connectivity index (χ4n) is 4.91. The lowest BCUT2D eigenvalue weighted by Gasteiger charge is -2.28. The predicted octanol–water partition coefficient (Wildman–Crippen LogP) is 3.19. The van der Waals surface area contributed by atoms with E-state index in [1.54, 1.807) is 42.5 Å². The number of amides is 2. The molecule has 2 aromatic rings. The van der Waals surface area contributed by atoms with Crippen LogP contribution in [0.1, 0.15) is 40.0 Å². The molecule has 0 saturated heterocycles. The number of fused-ring (bicyclic) bond motifs is 2. The number of rotatable bonds is 6. The molecule has 0 aromatic heterocycles. The topological polar surface area (TPSA) is 102 Å². The van der Waals surface area contributed by atoms with Gasteiger partial charge in [0.2, 0.25) is 0 Å². The largest absolute Gasteiger partial charge is 0.455 e. The summed E-state index contributed by atoms with van der Waals surface area (Å²) in [5.74, 6) is -2.58. The van der Waals surface area contributed by atoms with E-state index in [4.69, 9.17) is 16.3 Å². The van der Waals surface area contributed by atoms with Gasteiger partial charge >= 0.3 is 5.97 Å². The molecule has 2 saturated carbocycles. The minimum atomic E-state index is -0.687. The maximum Gasteiger partial charge on any atom is 0.310 e. The Balaban J connectivity index is 1.33. The summed E-state index contributed by atoms with van der Waals surface area (Å²) in [4.78, 5) is 50.1. The zero-order valence-corrected chi connectivity index (χ0v) is 18.0. The number of ketones is 1. The molecule has 2 bridgehead atoms. The second kappa shape index (κ2) is 9.53. The fraction of sp³-hybridized carbons (Fsp3) is 0.333. The van der Waals surface area contributed by atoms with Crippen LogP contribution in [0.4, 0.5) is 0 Å². The highest BCUT2D eigenvalue weighted by Gasteiger charge is 2.54. The fourth-order valence-corrected chi connectivity index (χ4v) is 5.13. The molecular formula is C24H23ClN2O5. The van der Waals surface area contributed by atoms with Gasteiger partial charge in [-0.2, -0.15) is 0 Å². The summed E-state index contributed by atoms with van der Waals surface area (Å²) >= 11 is 5.95. The van der Waals surface area contributed by atoms with Crippen molar-refractivity contribution in [1.29, 1.82) is 0 Å². The summed E-state index contributed by atoms with van der Waals surface area (Å²) in [7, 11) is 0. The molecule has 8 heteroatoms. The smallest absolute Gasteiger partial charge is 0.310 e. The van der Waals surface area contributed by atoms with Crippen LogP contribution in [0.2, 0.25) is 5.02 Å². The van der Waals surface area contributed by atoms with Crippen molar-refractivity contribution in [2.75, 3.05) is 6.61 Å². The zero-order valence-electron chi connectivity index (χ0n) is 17.3. The van der Waals surface area contributed by atoms with Crippen molar-refractivity contribution in [3.8, 4) is 0 Å². The second-order valence-electron chi connectivity index (χ2n) is 8.20. The first-order valence-corrected chi connectivity index (χ1v) is 10.9. The Morgan fingerprint density at radius 1 is 0.875 bits per heavy atom. The van der Waals surface area contributed by atoms with Crippen LogP contribution < -0.4 is 10.9 Å². The van der Waals surface area contributed by atoms with E-state index >= 15 is 0 Å². The Morgan fingerprint density at radius 3 is 2.25 bits per heavy atom. The molecule has 0 heterocycles. The molecule has 0 aliphatic heterocycles. The normalized spacial score (nSPS) is 23.4. The third kappa shape index (κ3) is 4.53. The van der Waals surface area contributed by atoms with Crippen molar-refractivity contribution in [3.63, 3.8) is 0 Å². The van der Waals surface area contributed by atoms with Crippen molar-refractivity contribution < 1.29 is 23.9 Å². The highest BCUT2D eigenvalue weighted by molar-refractivity contribution is 6.33. The van der Waals surface area contributed by atoms with Gasteiger partial charge in [0, 0.05) is 11.5 Å². The standard InChI is InChI=1S/C24H23ClN2O5/c25-18-9-5-4-8-17(18)23(30)27-26-19(28)13-32-24(31)21-16-11-10-15(12-16)20(21)22(29)14-6-2-1-3-7-14/h1-9,15-16,20-21H,10-13H2,(H,26,28)(H,27,30)/t15-,16-,20-,21+/m0/s1.